The molecule has 0 N–H and O–H groups in total. The number of ether oxygens (including phenoxy) is 7. The lowest BCUT2D eigenvalue weighted by atomic mass is 9.82. The minimum Gasteiger partial charge on any atom is -0.497 e. The zero-order valence-electron chi connectivity index (χ0n) is 57.8. The highest BCUT2D eigenvalue weighted by Gasteiger charge is 2.52. The van der Waals surface area contributed by atoms with Gasteiger partial charge in [-0.25, -0.2) is 4.79 Å². The molecule has 0 radical (unpaired) electrons. The highest BCUT2D eigenvalue weighted by Crippen LogP contribution is 2.55. The van der Waals surface area contributed by atoms with Crippen LogP contribution >= 0.6 is 92.8 Å². The van der Waals surface area contributed by atoms with Crippen LogP contribution in [0.3, 0.4) is 0 Å². The molecule has 582 valence electrons. The van der Waals surface area contributed by atoms with E-state index in [-0.39, 0.29) is 54.3 Å². The number of hydrogen-bond donors (Lipinski definition) is 0. The summed E-state index contributed by atoms with van der Waals surface area (Å²) < 4.78 is 141. The molecule has 1 amide bonds. The van der Waals surface area contributed by atoms with Crippen molar-refractivity contribution < 1.29 is 82.3 Å². The molecule has 5 aliphatic heterocycles. The minimum absolute atomic E-state index is 0. The Balaban J connectivity index is 0.000000181. The monoisotopic (exact) mass is 1670 g/mol. The Labute approximate surface area is 660 Å². The van der Waals surface area contributed by atoms with Crippen molar-refractivity contribution in [3.8, 4) is 17.2 Å². The first kappa shape index (κ1) is 87.0. The maximum absolute atomic E-state index is 12.4. The fraction of sp³-hybridized carbons (Fsp3) is 0.390. The molecule has 6 aliphatic rings. The first-order chi connectivity index (χ1) is 50.5. The summed E-state index contributed by atoms with van der Waals surface area (Å²) in [5.74, 6) is 0.00543. The molecule has 3 fully saturated rings. The summed E-state index contributed by atoms with van der Waals surface area (Å²) in [7, 11) is 1.43. The number of hydrogen-bond acceptors (Lipinski definition) is 13. The van der Waals surface area contributed by atoms with Gasteiger partial charge in [-0.05, 0) is 191 Å². The van der Waals surface area contributed by atoms with Crippen molar-refractivity contribution >= 4 is 105 Å². The van der Waals surface area contributed by atoms with Crippen LogP contribution in [0.1, 0.15) is 160 Å². The topological polar surface area (TPSA) is 144 Å². The van der Waals surface area contributed by atoms with Gasteiger partial charge < -0.3 is 38.1 Å². The number of aromatic nitrogens is 3. The number of fused-ring (bicyclic) bond motifs is 6. The van der Waals surface area contributed by atoms with E-state index in [1.807, 2.05) is 93.7 Å². The van der Waals surface area contributed by atoms with E-state index < -0.39 is 42.0 Å². The van der Waals surface area contributed by atoms with Crippen LogP contribution in [-0.2, 0) is 47.1 Å². The molecule has 108 heavy (non-hydrogen) atoms. The molecule has 1 saturated carbocycles. The zero-order chi connectivity index (χ0) is 77.7. The fourth-order valence-electron chi connectivity index (χ4n) is 13.5. The van der Waals surface area contributed by atoms with E-state index in [1.165, 1.54) is 62.8 Å². The predicted molar refractivity (Wildman–Crippen MR) is 399 cm³/mol. The molecule has 8 heterocycles. The molecule has 8 aromatic rings. The summed E-state index contributed by atoms with van der Waals surface area (Å²) in [6.45, 7) is 8.87. The van der Waals surface area contributed by atoms with Gasteiger partial charge >= 0.3 is 25.0 Å². The van der Waals surface area contributed by atoms with Crippen molar-refractivity contribution in [3.05, 3.63) is 244 Å². The van der Waals surface area contributed by atoms with Gasteiger partial charge in [-0.15, -0.1) is 49.5 Å². The Hall–Kier alpha value is -6.58. The van der Waals surface area contributed by atoms with E-state index in [1.54, 1.807) is 47.6 Å². The van der Waals surface area contributed by atoms with Crippen molar-refractivity contribution in [2.45, 2.75) is 152 Å². The number of piperidine rings is 2. The summed E-state index contributed by atoms with van der Waals surface area (Å²) in [4.78, 5) is 39.2. The number of aldehydes is 1. The van der Waals surface area contributed by atoms with E-state index in [9.17, 15) is 44.3 Å². The lowest BCUT2D eigenvalue weighted by molar-refractivity contribution is -0.275. The van der Waals surface area contributed by atoms with Crippen molar-refractivity contribution in [1.29, 1.82) is 0 Å². The second kappa shape index (κ2) is 37.6. The summed E-state index contributed by atoms with van der Waals surface area (Å²) >= 11 is 46.8. The lowest BCUT2D eigenvalue weighted by Crippen LogP contribution is -2.47. The molecule has 14 rings (SSSR count). The maximum Gasteiger partial charge on any atom is 0.573 e. The minimum atomic E-state index is -4.69. The van der Waals surface area contributed by atoms with Crippen molar-refractivity contribution in [3.63, 3.8) is 0 Å². The highest BCUT2D eigenvalue weighted by molar-refractivity contribution is 6.40. The molecule has 14 nitrogen and oxygen atoms in total. The van der Waals surface area contributed by atoms with E-state index in [2.05, 4.69) is 35.4 Å². The van der Waals surface area contributed by atoms with Gasteiger partial charge in [0.2, 0.25) is 6.29 Å². The van der Waals surface area contributed by atoms with Crippen molar-refractivity contribution in [2.24, 2.45) is 0 Å². The summed E-state index contributed by atoms with van der Waals surface area (Å²) in [5.41, 5.74) is 8.15. The molecule has 3 atom stereocenters. The molecule has 3 aromatic heterocycles. The maximum atomic E-state index is 12.4. The quantitative estimate of drug-likeness (QED) is 0.0809. The van der Waals surface area contributed by atoms with E-state index >= 15 is 0 Å². The number of likely N-dealkylation sites (tertiary alicyclic amines) is 2. The van der Waals surface area contributed by atoms with E-state index in [0.29, 0.717) is 68.4 Å². The number of amides is 1. The number of carbonyl (C=O) groups is 2. The molecular weight excluding hydrogens is 1590 g/mol. The Morgan fingerprint density at radius 1 is 0.500 bits per heavy atom. The Morgan fingerprint density at radius 2 is 0.815 bits per heavy atom. The van der Waals surface area contributed by atoms with E-state index in [0.717, 1.165) is 94.8 Å². The Morgan fingerprint density at radius 3 is 1.13 bits per heavy atom. The van der Waals surface area contributed by atoms with Gasteiger partial charge in [-0.2, -0.15) is 13.2 Å². The highest BCUT2D eigenvalue weighted by atomic mass is 35.5. The number of benzene rings is 5. The number of carbonyl (C=O) groups excluding carboxylic acids is 2. The molecular formula is C77H76Cl8F9N5O9. The van der Waals surface area contributed by atoms with Crippen LogP contribution in [0.15, 0.2) is 158 Å². The Kier molecular flexibility index (Phi) is 30.3. The van der Waals surface area contributed by atoms with Gasteiger partial charge in [0.15, 0.2) is 0 Å². The SMILES string of the molecule is C.CC(C)(C)OC(=O)N1CCC2(CC1)OC(c1cc(Cl)cc(Cl)c1)c1cccnc12.COc1ccc(OC(F)(F)F)cc1.ClCCl.Clc1cc(Cl)cc(C2OC3(CCCCC3)c3ncccc32)c1.FC(F)(F)Oc1ccc(CN2CCC3(CC2)OC(c2cc(Cl)cc(Cl)c2)c2cccnc23)cc1.O=CC(F)(F)F. The number of halogens is 17. The van der Waals surface area contributed by atoms with Gasteiger partial charge in [0.25, 0.3) is 0 Å². The predicted octanol–water partition coefficient (Wildman–Crippen LogP) is 23.7. The smallest absolute Gasteiger partial charge is 0.497 e. The molecule has 3 spiro atoms. The van der Waals surface area contributed by atoms with Crippen LogP contribution in [0.25, 0.3) is 0 Å². The summed E-state index contributed by atoms with van der Waals surface area (Å²) in [6.07, 6.45) is -2.04. The van der Waals surface area contributed by atoms with Gasteiger partial charge in [0.05, 0.1) is 29.5 Å². The van der Waals surface area contributed by atoms with Crippen LogP contribution in [0.4, 0.5) is 44.3 Å². The largest absolute Gasteiger partial charge is 0.573 e. The van der Waals surface area contributed by atoms with Crippen LogP contribution < -0.4 is 14.2 Å². The summed E-state index contributed by atoms with van der Waals surface area (Å²) in [5, 5.41) is 3.73. The lowest BCUT2D eigenvalue weighted by Gasteiger charge is -2.39. The molecule has 5 aromatic carbocycles. The van der Waals surface area contributed by atoms with Crippen molar-refractivity contribution in [2.75, 3.05) is 38.6 Å². The standard InChI is InChI=1S/C25H21Cl2F3N2O2.C22H24Cl2N2O3.C18H17Cl2NO.C8H7F3O2.C2HF3O.CH2Cl2.CH4/c26-18-12-17(13-19(27)14-18)22-21-2-1-9-31-23(21)24(34-22)7-10-32(11-8-24)15-16-3-5-20(6-4-16)33-25(28,29)30;1-21(2,3)29-20(27)26-9-6-22(7-10-26)19-17(5-4-8-25-19)18(28-22)14-11-15(23)13-16(24)12-14;19-13-9-12(10-14(20)11-13)16-15-5-4-8-21-17(15)18(22-16)6-2-1-3-7-18;1-12-6-2-4-7(5-3-6)13-8(9,10)11;3-2(4,5)1-6;2-1-3;/h1-6,9,12-14,22H,7-8,10-11,15H2;4-5,8,11-13,18H,6-7,9-10H2,1-3H3;4-5,8-11,16H,1-3,6-7H2;2-5H,1H3;1H;1H2;1H4. The fourth-order valence-corrected chi connectivity index (χ4v) is 15.1. The van der Waals surface area contributed by atoms with Crippen LogP contribution in [0.5, 0.6) is 17.2 Å². The third-order valence-corrected chi connectivity index (χ3v) is 19.1. The van der Waals surface area contributed by atoms with Gasteiger partial charge in [-0.3, -0.25) is 24.6 Å². The molecule has 2 saturated heterocycles. The average molecular weight is 1670 g/mol. The third-order valence-electron chi connectivity index (χ3n) is 17.8. The number of methoxy groups -OCH3 is 1. The van der Waals surface area contributed by atoms with E-state index in [4.69, 9.17) is 121 Å². The molecule has 0 bridgehead atoms. The van der Waals surface area contributed by atoms with Crippen LogP contribution in [0, 0.1) is 0 Å². The number of rotatable bonds is 8. The zero-order valence-corrected chi connectivity index (χ0v) is 63.8. The first-order valence-electron chi connectivity index (χ1n) is 33.4. The van der Waals surface area contributed by atoms with Crippen LogP contribution in [0.2, 0.25) is 30.1 Å². The third kappa shape index (κ3) is 23.7. The first-order valence-corrected chi connectivity index (χ1v) is 36.8. The normalized spacial score (nSPS) is 18.5. The van der Waals surface area contributed by atoms with Crippen LogP contribution in [-0.4, -0.2) is 100 Å². The van der Waals surface area contributed by atoms with Gasteiger partial charge in [0.1, 0.15) is 58.0 Å². The molecule has 31 heteroatoms. The van der Waals surface area contributed by atoms with Gasteiger partial charge in [-0.1, -0.05) is 127 Å². The Bertz CT molecular complexity index is 4230. The average Bonchev–Trinajstić information content (AvgIpc) is 1.60. The number of nitrogens with zero attached hydrogens (tertiary/aromatic N) is 5. The molecule has 3 unspecified atom stereocenters. The number of pyridine rings is 3. The molecule has 1 aliphatic carbocycles. The van der Waals surface area contributed by atoms with Gasteiger partial charge in [0, 0.05) is 98.1 Å². The summed E-state index contributed by atoms with van der Waals surface area (Å²) in [6, 6.07) is 39.7. The van der Waals surface area contributed by atoms with Crippen molar-refractivity contribution in [1.82, 2.24) is 24.8 Å². The second-order valence-electron chi connectivity index (χ2n) is 26.4. The number of alkyl halides is 11. The second-order valence-corrected chi connectivity index (χ2v) is 29.8.